The van der Waals surface area contributed by atoms with Gasteiger partial charge in [0, 0.05) is 37.3 Å². The number of anilines is 1. The van der Waals surface area contributed by atoms with Crippen molar-refractivity contribution in [3.8, 4) is 5.75 Å². The molecule has 170 valence electrons. The van der Waals surface area contributed by atoms with Gasteiger partial charge in [0.1, 0.15) is 18.0 Å². The first-order valence-corrected chi connectivity index (χ1v) is 11.3. The zero-order chi connectivity index (χ0) is 22.0. The normalized spacial score (nSPS) is 27.6. The number of urea groups is 1. The highest BCUT2D eigenvalue weighted by Crippen LogP contribution is 2.47. The topological polar surface area (TPSA) is 100 Å². The zero-order valence-electron chi connectivity index (χ0n) is 18.3. The first-order valence-electron chi connectivity index (χ1n) is 11.3. The molecule has 0 spiro atoms. The van der Waals surface area contributed by atoms with Crippen LogP contribution in [-0.2, 0) is 9.53 Å². The summed E-state index contributed by atoms with van der Waals surface area (Å²) in [7, 11) is 3.45. The van der Waals surface area contributed by atoms with Gasteiger partial charge in [0.05, 0.1) is 19.1 Å². The van der Waals surface area contributed by atoms with Crippen molar-refractivity contribution in [1.29, 1.82) is 0 Å². The molecule has 2 aliphatic heterocycles. The standard InChI is InChI=1S/C23H33N3O5/c1-26(2)21(28)12-16-11-18-17-10-15(25-23(29)24-14-6-4-3-5-7-14)8-9-19(17)31-22(18)20(13-27)30-16/h8-10,14,16,18,20,22,27H,3-7,11-13H2,1-2H3,(H2,24,25,29)/t16-,18+,20-,22-/m0/s1. The lowest BCUT2D eigenvalue weighted by molar-refractivity contribution is -0.147. The molecule has 1 aromatic rings. The molecule has 3 N–H and O–H groups in total. The van der Waals surface area contributed by atoms with Gasteiger partial charge in [0.2, 0.25) is 5.91 Å². The van der Waals surface area contributed by atoms with Crippen LogP contribution in [0.2, 0.25) is 0 Å². The summed E-state index contributed by atoms with van der Waals surface area (Å²) in [6, 6.07) is 5.70. The van der Waals surface area contributed by atoms with Crippen LogP contribution in [-0.4, -0.2) is 67.0 Å². The lowest BCUT2D eigenvalue weighted by Crippen LogP contribution is -2.47. The minimum atomic E-state index is -0.489. The smallest absolute Gasteiger partial charge is 0.319 e. The molecule has 31 heavy (non-hydrogen) atoms. The fourth-order valence-electron chi connectivity index (χ4n) is 4.94. The summed E-state index contributed by atoms with van der Waals surface area (Å²) in [5.41, 5.74) is 1.70. The Hall–Kier alpha value is -2.32. The largest absolute Gasteiger partial charge is 0.487 e. The van der Waals surface area contributed by atoms with Crippen LogP contribution in [0.5, 0.6) is 5.75 Å². The molecular formula is C23H33N3O5. The molecule has 2 heterocycles. The fourth-order valence-corrected chi connectivity index (χ4v) is 4.94. The third kappa shape index (κ3) is 4.96. The maximum absolute atomic E-state index is 12.5. The van der Waals surface area contributed by atoms with Crippen LogP contribution in [0, 0.1) is 0 Å². The van der Waals surface area contributed by atoms with Gasteiger partial charge in [-0.3, -0.25) is 4.79 Å². The van der Waals surface area contributed by atoms with E-state index in [0.717, 1.165) is 37.0 Å². The number of hydrogen-bond acceptors (Lipinski definition) is 5. The summed E-state index contributed by atoms with van der Waals surface area (Å²) in [5, 5.41) is 15.9. The number of amides is 3. The number of carbonyl (C=O) groups excluding carboxylic acids is 2. The SMILES string of the molecule is CN(C)C(=O)C[C@@H]1C[C@@H]2c3cc(NC(=O)NC4CCCCC4)ccc3O[C@@H]2[C@H](CO)O1. The van der Waals surface area contributed by atoms with Gasteiger partial charge in [-0.15, -0.1) is 0 Å². The molecule has 0 radical (unpaired) electrons. The summed E-state index contributed by atoms with van der Waals surface area (Å²) in [6.45, 7) is -0.170. The van der Waals surface area contributed by atoms with Crippen LogP contribution in [0.25, 0.3) is 0 Å². The van der Waals surface area contributed by atoms with Crippen molar-refractivity contribution in [3.63, 3.8) is 0 Å². The van der Waals surface area contributed by atoms with Crippen LogP contribution in [0.4, 0.5) is 10.5 Å². The molecule has 4 atom stereocenters. The van der Waals surface area contributed by atoms with Gasteiger partial charge >= 0.3 is 6.03 Å². The van der Waals surface area contributed by atoms with E-state index in [9.17, 15) is 14.7 Å². The van der Waals surface area contributed by atoms with Crippen molar-refractivity contribution in [2.45, 2.75) is 75.2 Å². The third-order valence-electron chi connectivity index (χ3n) is 6.60. The van der Waals surface area contributed by atoms with Gasteiger partial charge in [0.25, 0.3) is 0 Å². The van der Waals surface area contributed by atoms with Crippen LogP contribution in [0.1, 0.15) is 56.4 Å². The molecule has 2 fully saturated rings. The van der Waals surface area contributed by atoms with Gasteiger partial charge in [-0.25, -0.2) is 4.79 Å². The maximum Gasteiger partial charge on any atom is 0.319 e. The number of aliphatic hydroxyl groups excluding tert-OH is 1. The van der Waals surface area contributed by atoms with E-state index in [1.54, 1.807) is 19.0 Å². The van der Waals surface area contributed by atoms with Crippen LogP contribution in [0.15, 0.2) is 18.2 Å². The summed E-state index contributed by atoms with van der Waals surface area (Å²) in [5.74, 6) is 0.743. The molecule has 1 aliphatic carbocycles. The monoisotopic (exact) mass is 431 g/mol. The summed E-state index contributed by atoms with van der Waals surface area (Å²) < 4.78 is 12.1. The average molecular weight is 432 g/mol. The molecule has 3 aliphatic rings. The molecule has 0 unspecified atom stereocenters. The highest BCUT2D eigenvalue weighted by molar-refractivity contribution is 5.89. The molecule has 1 saturated heterocycles. The Morgan fingerprint density at radius 3 is 2.68 bits per heavy atom. The van der Waals surface area contributed by atoms with Gasteiger partial charge in [-0.2, -0.15) is 0 Å². The number of nitrogens with zero attached hydrogens (tertiary/aromatic N) is 1. The third-order valence-corrected chi connectivity index (χ3v) is 6.60. The van der Waals surface area contributed by atoms with E-state index in [4.69, 9.17) is 9.47 Å². The second-order valence-electron chi connectivity index (χ2n) is 9.08. The second-order valence-corrected chi connectivity index (χ2v) is 9.08. The molecule has 8 heteroatoms. The lowest BCUT2D eigenvalue weighted by atomic mass is 9.84. The van der Waals surface area contributed by atoms with E-state index in [1.165, 1.54) is 6.42 Å². The number of ether oxygens (including phenoxy) is 2. The first kappa shape index (κ1) is 21.9. The quantitative estimate of drug-likeness (QED) is 0.666. The minimum Gasteiger partial charge on any atom is -0.487 e. The molecule has 3 amide bonds. The Morgan fingerprint density at radius 2 is 1.97 bits per heavy atom. The molecular weight excluding hydrogens is 398 g/mol. The van der Waals surface area contributed by atoms with E-state index in [0.29, 0.717) is 12.1 Å². The molecule has 1 saturated carbocycles. The summed E-state index contributed by atoms with van der Waals surface area (Å²) in [4.78, 5) is 26.2. The van der Waals surface area contributed by atoms with Crippen molar-refractivity contribution < 1.29 is 24.2 Å². The van der Waals surface area contributed by atoms with Gasteiger partial charge in [-0.05, 0) is 37.5 Å². The molecule has 0 aromatic heterocycles. The number of benzene rings is 1. The van der Waals surface area contributed by atoms with E-state index in [2.05, 4.69) is 10.6 Å². The Balaban J connectivity index is 1.45. The molecule has 4 rings (SSSR count). The number of fused-ring (bicyclic) bond motifs is 3. The van der Waals surface area contributed by atoms with Crippen molar-refractivity contribution in [2.75, 3.05) is 26.0 Å². The van der Waals surface area contributed by atoms with E-state index in [1.807, 2.05) is 18.2 Å². The molecule has 0 bridgehead atoms. The number of rotatable bonds is 5. The van der Waals surface area contributed by atoms with Crippen LogP contribution >= 0.6 is 0 Å². The first-order chi connectivity index (χ1) is 14.9. The van der Waals surface area contributed by atoms with Gasteiger partial charge < -0.3 is 30.1 Å². The van der Waals surface area contributed by atoms with Crippen molar-refractivity contribution in [3.05, 3.63) is 23.8 Å². The van der Waals surface area contributed by atoms with Crippen LogP contribution in [0.3, 0.4) is 0 Å². The van der Waals surface area contributed by atoms with Crippen LogP contribution < -0.4 is 15.4 Å². The zero-order valence-corrected chi connectivity index (χ0v) is 18.3. The summed E-state index contributed by atoms with van der Waals surface area (Å²) in [6.07, 6.45) is 5.46. The minimum absolute atomic E-state index is 0.00372. The van der Waals surface area contributed by atoms with Gasteiger partial charge in [-0.1, -0.05) is 19.3 Å². The Bertz CT molecular complexity index is 808. The molecule has 8 nitrogen and oxygen atoms in total. The van der Waals surface area contributed by atoms with Gasteiger partial charge in [0.15, 0.2) is 0 Å². The highest BCUT2D eigenvalue weighted by Gasteiger charge is 2.46. The van der Waals surface area contributed by atoms with E-state index in [-0.39, 0.29) is 49.1 Å². The summed E-state index contributed by atoms with van der Waals surface area (Å²) >= 11 is 0. The highest BCUT2D eigenvalue weighted by atomic mass is 16.6. The maximum atomic E-state index is 12.5. The van der Waals surface area contributed by atoms with Crippen molar-refractivity contribution in [1.82, 2.24) is 10.2 Å². The number of nitrogens with one attached hydrogen (secondary N) is 2. The number of carbonyl (C=O) groups is 2. The lowest BCUT2D eigenvalue weighted by Gasteiger charge is -2.37. The number of aliphatic hydroxyl groups is 1. The van der Waals surface area contributed by atoms with Crippen molar-refractivity contribution >= 4 is 17.6 Å². The Kier molecular flexibility index (Phi) is 6.67. The Morgan fingerprint density at radius 1 is 1.19 bits per heavy atom. The predicted molar refractivity (Wildman–Crippen MR) is 116 cm³/mol. The van der Waals surface area contributed by atoms with Crippen molar-refractivity contribution in [2.24, 2.45) is 0 Å². The van der Waals surface area contributed by atoms with E-state index < -0.39 is 6.10 Å². The second kappa shape index (κ2) is 9.44. The predicted octanol–water partition coefficient (Wildman–Crippen LogP) is 2.61. The number of hydrogen-bond donors (Lipinski definition) is 3. The fraction of sp³-hybridized carbons (Fsp3) is 0.652. The average Bonchev–Trinajstić information content (AvgIpc) is 3.11. The van der Waals surface area contributed by atoms with E-state index >= 15 is 0 Å². The molecule has 1 aromatic carbocycles. The Labute approximate surface area is 183 Å².